The summed E-state index contributed by atoms with van der Waals surface area (Å²) in [7, 11) is 0. The van der Waals surface area contributed by atoms with Crippen LogP contribution in [-0.2, 0) is 0 Å². The molecule has 3 heterocycles. The Balaban J connectivity index is 1.82. The van der Waals surface area contributed by atoms with Crippen LogP contribution in [0.15, 0.2) is 14.8 Å². The quantitative estimate of drug-likeness (QED) is 0.854. The maximum Gasteiger partial charge on any atom is 0.284 e. The highest BCUT2D eigenvalue weighted by molar-refractivity contribution is 7.98. The zero-order valence-electron chi connectivity index (χ0n) is 10.9. The van der Waals surface area contributed by atoms with E-state index in [1.807, 2.05) is 0 Å². The van der Waals surface area contributed by atoms with Gasteiger partial charge in [-0.3, -0.25) is 0 Å². The Kier molecular flexibility index (Phi) is 4.02. The minimum Gasteiger partial charge on any atom is -0.416 e. The van der Waals surface area contributed by atoms with E-state index in [9.17, 15) is 0 Å². The van der Waals surface area contributed by atoms with E-state index < -0.39 is 0 Å². The van der Waals surface area contributed by atoms with Crippen molar-refractivity contribution in [2.45, 2.75) is 36.6 Å². The third-order valence-corrected chi connectivity index (χ3v) is 3.77. The van der Waals surface area contributed by atoms with E-state index in [0.29, 0.717) is 22.2 Å². The van der Waals surface area contributed by atoms with Gasteiger partial charge in [-0.2, -0.15) is 15.0 Å². The summed E-state index contributed by atoms with van der Waals surface area (Å²) in [5, 5.41) is 8.71. The SMILES string of the molecule is Cc1nnc(Sc2nc(Cl)nc(N3CCCCC3)n2)o1. The van der Waals surface area contributed by atoms with Crippen LogP contribution in [0.2, 0.25) is 5.28 Å². The summed E-state index contributed by atoms with van der Waals surface area (Å²) in [4.78, 5) is 14.8. The van der Waals surface area contributed by atoms with Crippen molar-refractivity contribution in [1.82, 2.24) is 25.1 Å². The molecule has 2 aromatic heterocycles. The van der Waals surface area contributed by atoms with Crippen LogP contribution in [0.3, 0.4) is 0 Å². The largest absolute Gasteiger partial charge is 0.416 e. The predicted molar refractivity (Wildman–Crippen MR) is 74.1 cm³/mol. The first-order valence-electron chi connectivity index (χ1n) is 6.35. The van der Waals surface area contributed by atoms with Crippen molar-refractivity contribution in [2.75, 3.05) is 18.0 Å². The highest BCUT2D eigenvalue weighted by atomic mass is 35.5. The first kappa shape index (κ1) is 13.6. The van der Waals surface area contributed by atoms with E-state index in [1.165, 1.54) is 18.2 Å². The summed E-state index contributed by atoms with van der Waals surface area (Å²) in [5.74, 6) is 1.12. The number of halogens is 1. The van der Waals surface area contributed by atoms with Gasteiger partial charge >= 0.3 is 0 Å². The molecular weight excluding hydrogens is 300 g/mol. The van der Waals surface area contributed by atoms with Crippen LogP contribution in [0.1, 0.15) is 25.2 Å². The molecule has 0 bridgehead atoms. The number of hydrogen-bond acceptors (Lipinski definition) is 8. The smallest absolute Gasteiger partial charge is 0.284 e. The van der Waals surface area contributed by atoms with E-state index >= 15 is 0 Å². The number of anilines is 1. The lowest BCUT2D eigenvalue weighted by Crippen LogP contribution is -2.31. The number of nitrogens with zero attached hydrogens (tertiary/aromatic N) is 6. The monoisotopic (exact) mass is 312 g/mol. The molecular formula is C11H13ClN6OS. The van der Waals surface area contributed by atoms with Gasteiger partial charge in [0.25, 0.3) is 5.22 Å². The molecule has 0 unspecified atom stereocenters. The maximum atomic E-state index is 5.97. The fraction of sp³-hybridized carbons (Fsp3) is 0.545. The number of aromatic nitrogens is 5. The highest BCUT2D eigenvalue weighted by Gasteiger charge is 2.17. The standard InChI is InChI=1S/C11H13ClN6OS/c1-7-16-17-11(19-7)20-10-14-8(12)13-9(15-10)18-5-3-2-4-6-18/h2-6H2,1H3. The fourth-order valence-electron chi connectivity index (χ4n) is 2.00. The molecule has 0 saturated carbocycles. The molecule has 3 rings (SSSR count). The zero-order chi connectivity index (χ0) is 13.9. The van der Waals surface area contributed by atoms with Gasteiger partial charge in [-0.05, 0) is 30.9 Å². The van der Waals surface area contributed by atoms with Gasteiger partial charge in [0.05, 0.1) is 0 Å². The van der Waals surface area contributed by atoms with Gasteiger partial charge in [0.15, 0.2) is 0 Å². The van der Waals surface area contributed by atoms with E-state index in [-0.39, 0.29) is 5.28 Å². The van der Waals surface area contributed by atoms with Crippen molar-refractivity contribution in [3.8, 4) is 0 Å². The van der Waals surface area contributed by atoms with Crippen LogP contribution in [0, 0.1) is 6.92 Å². The molecule has 106 valence electrons. The summed E-state index contributed by atoms with van der Waals surface area (Å²) in [6.45, 7) is 3.63. The van der Waals surface area contributed by atoms with Gasteiger partial charge in [-0.15, -0.1) is 10.2 Å². The summed E-state index contributed by atoms with van der Waals surface area (Å²) in [5.41, 5.74) is 0. The van der Waals surface area contributed by atoms with Crippen LogP contribution in [0.5, 0.6) is 0 Å². The number of piperidine rings is 1. The molecule has 0 aromatic carbocycles. The van der Waals surface area contributed by atoms with Gasteiger partial charge in [0.2, 0.25) is 22.3 Å². The van der Waals surface area contributed by atoms with E-state index in [0.717, 1.165) is 25.9 Å². The molecule has 0 radical (unpaired) electrons. The number of rotatable bonds is 3. The molecule has 1 saturated heterocycles. The molecule has 0 amide bonds. The Hall–Kier alpha value is -1.41. The first-order chi connectivity index (χ1) is 9.70. The molecule has 1 aliphatic rings. The van der Waals surface area contributed by atoms with Gasteiger partial charge < -0.3 is 9.32 Å². The Morgan fingerprint density at radius 1 is 1.10 bits per heavy atom. The number of hydrogen-bond donors (Lipinski definition) is 0. The van der Waals surface area contributed by atoms with Crippen molar-refractivity contribution < 1.29 is 4.42 Å². The van der Waals surface area contributed by atoms with Crippen LogP contribution < -0.4 is 4.90 Å². The summed E-state index contributed by atoms with van der Waals surface area (Å²) >= 11 is 7.16. The summed E-state index contributed by atoms with van der Waals surface area (Å²) in [6.07, 6.45) is 3.54. The van der Waals surface area contributed by atoms with Crippen molar-refractivity contribution in [2.24, 2.45) is 0 Å². The molecule has 0 N–H and O–H groups in total. The molecule has 2 aromatic rings. The van der Waals surface area contributed by atoms with Crippen molar-refractivity contribution in [3.63, 3.8) is 0 Å². The lowest BCUT2D eigenvalue weighted by atomic mass is 10.1. The van der Waals surface area contributed by atoms with Crippen molar-refractivity contribution >= 4 is 29.3 Å². The van der Waals surface area contributed by atoms with Gasteiger partial charge in [0.1, 0.15) is 0 Å². The Bertz CT molecular complexity index is 600. The maximum absolute atomic E-state index is 5.97. The molecule has 1 fully saturated rings. The van der Waals surface area contributed by atoms with E-state index in [4.69, 9.17) is 16.0 Å². The van der Waals surface area contributed by atoms with Crippen LogP contribution in [0.25, 0.3) is 0 Å². The molecule has 20 heavy (non-hydrogen) atoms. The number of aryl methyl sites for hydroxylation is 1. The minimum atomic E-state index is 0.180. The molecule has 1 aliphatic heterocycles. The topological polar surface area (TPSA) is 80.8 Å². The molecule has 9 heteroatoms. The Labute approximate surface area is 125 Å². The molecule has 0 spiro atoms. The fourth-order valence-corrected chi connectivity index (χ4v) is 2.87. The lowest BCUT2D eigenvalue weighted by molar-refractivity contribution is 0.428. The average molecular weight is 313 g/mol. The van der Waals surface area contributed by atoms with Crippen LogP contribution in [0.4, 0.5) is 5.95 Å². The van der Waals surface area contributed by atoms with Crippen LogP contribution in [-0.4, -0.2) is 38.2 Å². The third kappa shape index (κ3) is 3.18. The molecule has 7 nitrogen and oxygen atoms in total. The second kappa shape index (κ2) is 5.92. The lowest BCUT2D eigenvalue weighted by Gasteiger charge is -2.26. The molecule has 0 atom stereocenters. The normalized spacial score (nSPS) is 15.6. The highest BCUT2D eigenvalue weighted by Crippen LogP contribution is 2.26. The van der Waals surface area contributed by atoms with Gasteiger partial charge in [-0.1, -0.05) is 0 Å². The summed E-state index contributed by atoms with van der Waals surface area (Å²) < 4.78 is 5.30. The van der Waals surface area contributed by atoms with E-state index in [1.54, 1.807) is 6.92 Å². The van der Waals surface area contributed by atoms with Gasteiger partial charge in [-0.25, -0.2) is 0 Å². The third-order valence-electron chi connectivity index (χ3n) is 2.90. The Morgan fingerprint density at radius 2 is 1.90 bits per heavy atom. The molecule has 0 aliphatic carbocycles. The predicted octanol–water partition coefficient (Wildman–Crippen LogP) is 2.36. The zero-order valence-corrected chi connectivity index (χ0v) is 12.5. The average Bonchev–Trinajstić information content (AvgIpc) is 2.84. The minimum absolute atomic E-state index is 0.180. The Morgan fingerprint density at radius 3 is 2.60 bits per heavy atom. The van der Waals surface area contributed by atoms with Gasteiger partial charge in [0, 0.05) is 31.8 Å². The van der Waals surface area contributed by atoms with E-state index in [2.05, 4.69) is 30.0 Å². The van der Waals surface area contributed by atoms with Crippen LogP contribution >= 0.6 is 23.4 Å². The summed E-state index contributed by atoms with van der Waals surface area (Å²) in [6, 6.07) is 0. The van der Waals surface area contributed by atoms with Crippen molar-refractivity contribution in [1.29, 1.82) is 0 Å². The second-order valence-electron chi connectivity index (χ2n) is 4.42. The second-order valence-corrected chi connectivity index (χ2v) is 5.68. The first-order valence-corrected chi connectivity index (χ1v) is 7.54. The van der Waals surface area contributed by atoms with Crippen molar-refractivity contribution in [3.05, 3.63) is 11.2 Å².